The summed E-state index contributed by atoms with van der Waals surface area (Å²) in [6.45, 7) is 6.75. The van der Waals surface area contributed by atoms with Crippen LogP contribution in [-0.4, -0.2) is 26.7 Å². The van der Waals surface area contributed by atoms with Crippen LogP contribution in [0.2, 0.25) is 0 Å². The minimum atomic E-state index is -0.180. The van der Waals surface area contributed by atoms with Crippen LogP contribution in [0.1, 0.15) is 30.5 Å². The van der Waals surface area contributed by atoms with Gasteiger partial charge >= 0.3 is 0 Å². The van der Waals surface area contributed by atoms with Crippen molar-refractivity contribution in [2.24, 2.45) is 0 Å². The van der Waals surface area contributed by atoms with Crippen LogP contribution in [0, 0.1) is 6.92 Å². The average Bonchev–Trinajstić information content (AvgIpc) is 3.33. The van der Waals surface area contributed by atoms with E-state index in [2.05, 4.69) is 5.32 Å². The summed E-state index contributed by atoms with van der Waals surface area (Å²) < 4.78 is 22.8. The Morgan fingerprint density at radius 1 is 1.03 bits per heavy atom. The second kappa shape index (κ2) is 11.0. The van der Waals surface area contributed by atoms with E-state index in [1.165, 1.54) is 0 Å². The Bertz CT molecular complexity index is 1400. The Morgan fingerprint density at radius 2 is 1.78 bits per heavy atom. The van der Waals surface area contributed by atoms with Gasteiger partial charge in [-0.1, -0.05) is 30.3 Å². The fourth-order valence-electron chi connectivity index (χ4n) is 4.27. The highest BCUT2D eigenvalue weighted by atomic mass is 16.5. The van der Waals surface area contributed by atoms with Gasteiger partial charge in [0.25, 0.3) is 0 Å². The molecule has 3 aromatic carbocycles. The zero-order valence-corrected chi connectivity index (χ0v) is 21.3. The molecule has 0 aliphatic carbocycles. The van der Waals surface area contributed by atoms with Crippen molar-refractivity contribution >= 4 is 22.4 Å². The zero-order valence-electron chi connectivity index (χ0n) is 21.3. The highest BCUT2D eigenvalue weighted by Gasteiger charge is 2.20. The van der Waals surface area contributed by atoms with Gasteiger partial charge in [-0.05, 0) is 56.2 Å². The smallest absolute Gasteiger partial charge is 0.244 e. The molecule has 0 spiro atoms. The van der Waals surface area contributed by atoms with Gasteiger partial charge in [0.15, 0.2) is 0 Å². The average molecular weight is 486 g/mol. The Morgan fingerprint density at radius 3 is 2.47 bits per heavy atom. The number of amides is 1. The minimum Gasteiger partial charge on any atom is -0.497 e. The molecule has 0 bridgehead atoms. The van der Waals surface area contributed by atoms with E-state index in [0.717, 1.165) is 55.9 Å². The number of hydrogen-bond acceptors (Lipinski definition) is 5. The summed E-state index contributed by atoms with van der Waals surface area (Å²) in [5, 5.41) is 3.89. The topological polar surface area (TPSA) is 69.9 Å². The zero-order chi connectivity index (χ0) is 25.7. The maximum atomic E-state index is 12.8. The molecular formula is C30H31NO5. The van der Waals surface area contributed by atoms with Crippen LogP contribution in [0.15, 0.2) is 71.4 Å². The molecule has 1 N–H and O–H groups in total. The Balaban J connectivity index is 1.69. The summed E-state index contributed by atoms with van der Waals surface area (Å²) in [7, 11) is 3.28. The second-order valence-electron chi connectivity index (χ2n) is 8.43. The largest absolute Gasteiger partial charge is 0.497 e. The van der Waals surface area contributed by atoms with E-state index in [1.807, 2.05) is 75.4 Å². The number of aryl methyl sites for hydroxylation is 1. The number of nitrogens with one attached hydrogen (secondary N) is 1. The number of para-hydroxylation sites is 1. The molecule has 0 fully saturated rings. The number of furan rings is 1. The van der Waals surface area contributed by atoms with Crippen LogP contribution in [-0.2, 0) is 11.3 Å². The molecule has 186 valence electrons. The normalized spacial score (nSPS) is 11.4. The van der Waals surface area contributed by atoms with Crippen molar-refractivity contribution in [3.05, 3.63) is 83.6 Å². The number of hydrogen-bond donors (Lipinski definition) is 1. The van der Waals surface area contributed by atoms with E-state index in [4.69, 9.17) is 18.6 Å². The van der Waals surface area contributed by atoms with Crippen molar-refractivity contribution in [3.63, 3.8) is 0 Å². The summed E-state index contributed by atoms with van der Waals surface area (Å²) in [6.07, 6.45) is 3.35. The van der Waals surface area contributed by atoms with Crippen molar-refractivity contribution in [1.29, 1.82) is 0 Å². The third-order valence-corrected chi connectivity index (χ3v) is 6.13. The van der Waals surface area contributed by atoms with Gasteiger partial charge in [0, 0.05) is 40.3 Å². The van der Waals surface area contributed by atoms with Crippen LogP contribution in [0.5, 0.6) is 17.2 Å². The van der Waals surface area contributed by atoms with Crippen LogP contribution in [0.25, 0.3) is 27.7 Å². The maximum Gasteiger partial charge on any atom is 0.244 e. The first-order valence-corrected chi connectivity index (χ1v) is 11.9. The van der Waals surface area contributed by atoms with Crippen molar-refractivity contribution in [1.82, 2.24) is 5.32 Å². The van der Waals surface area contributed by atoms with Crippen molar-refractivity contribution in [3.8, 4) is 28.4 Å². The van der Waals surface area contributed by atoms with E-state index in [0.29, 0.717) is 18.9 Å². The fourth-order valence-corrected chi connectivity index (χ4v) is 4.27. The third-order valence-electron chi connectivity index (χ3n) is 6.13. The Labute approximate surface area is 211 Å². The van der Waals surface area contributed by atoms with Gasteiger partial charge < -0.3 is 23.9 Å². The summed E-state index contributed by atoms with van der Waals surface area (Å²) in [4.78, 5) is 12.8. The standard InChI is InChI=1S/C30H31NO5/c1-6-35-29-20(3)30-25(26(18-36-30)23-9-7-8-10-27(23)34-5)16-24(29)19(2)15-28(32)31-17-21-11-13-22(33-4)14-12-21/h7-16,18H,6,17H2,1-5H3,(H,31,32)/b19-15+. The molecule has 1 aromatic heterocycles. The number of ether oxygens (including phenoxy) is 3. The minimum absolute atomic E-state index is 0.180. The maximum absolute atomic E-state index is 12.8. The molecule has 0 radical (unpaired) electrons. The van der Waals surface area contributed by atoms with Crippen molar-refractivity contribution in [2.45, 2.75) is 27.3 Å². The lowest BCUT2D eigenvalue weighted by molar-refractivity contribution is -0.116. The molecule has 0 atom stereocenters. The molecule has 0 saturated carbocycles. The van der Waals surface area contributed by atoms with E-state index in [-0.39, 0.29) is 5.91 Å². The van der Waals surface area contributed by atoms with Gasteiger partial charge in [-0.3, -0.25) is 4.79 Å². The van der Waals surface area contributed by atoms with Crippen molar-refractivity contribution < 1.29 is 23.4 Å². The summed E-state index contributed by atoms with van der Waals surface area (Å²) in [5.41, 5.74) is 6.12. The monoisotopic (exact) mass is 485 g/mol. The van der Waals surface area contributed by atoms with Gasteiger partial charge in [0.2, 0.25) is 5.91 Å². The van der Waals surface area contributed by atoms with Gasteiger partial charge in [0.05, 0.1) is 27.1 Å². The first kappa shape index (κ1) is 24.9. The van der Waals surface area contributed by atoms with Crippen LogP contribution >= 0.6 is 0 Å². The molecule has 0 aliphatic heterocycles. The molecule has 4 aromatic rings. The lowest BCUT2D eigenvalue weighted by Crippen LogP contribution is -2.20. The van der Waals surface area contributed by atoms with Crippen LogP contribution in [0.4, 0.5) is 0 Å². The number of fused-ring (bicyclic) bond motifs is 1. The number of methoxy groups -OCH3 is 2. The number of carbonyl (C=O) groups excluding carboxylic acids is 1. The SMILES string of the molecule is CCOc1c(/C(C)=C/C(=O)NCc2ccc(OC)cc2)cc2c(-c3ccccc3OC)coc2c1C. The quantitative estimate of drug-likeness (QED) is 0.273. The predicted octanol–water partition coefficient (Wildman–Crippen LogP) is 6.54. The Kier molecular flexibility index (Phi) is 7.64. The van der Waals surface area contributed by atoms with Gasteiger partial charge in [-0.25, -0.2) is 0 Å². The number of benzene rings is 3. The molecular weight excluding hydrogens is 454 g/mol. The molecule has 4 rings (SSSR count). The lowest BCUT2D eigenvalue weighted by atomic mass is 9.96. The molecule has 0 unspecified atom stereocenters. The van der Waals surface area contributed by atoms with E-state index < -0.39 is 0 Å². The lowest BCUT2D eigenvalue weighted by Gasteiger charge is -2.15. The third kappa shape index (κ3) is 5.08. The van der Waals surface area contributed by atoms with Crippen molar-refractivity contribution in [2.75, 3.05) is 20.8 Å². The second-order valence-corrected chi connectivity index (χ2v) is 8.43. The van der Waals surface area contributed by atoms with Gasteiger partial charge in [0.1, 0.15) is 22.8 Å². The summed E-state index contributed by atoms with van der Waals surface area (Å²) >= 11 is 0. The van der Waals surface area contributed by atoms with Crippen LogP contribution < -0.4 is 19.5 Å². The fraction of sp³-hybridized carbons (Fsp3) is 0.233. The molecule has 0 aliphatic rings. The molecule has 1 heterocycles. The molecule has 1 amide bonds. The number of rotatable bonds is 9. The Hall–Kier alpha value is -4.19. The van der Waals surface area contributed by atoms with E-state index >= 15 is 0 Å². The van der Waals surface area contributed by atoms with Gasteiger partial charge in [-0.15, -0.1) is 0 Å². The first-order valence-electron chi connectivity index (χ1n) is 11.9. The summed E-state index contributed by atoms with van der Waals surface area (Å²) in [6, 6.07) is 17.5. The highest BCUT2D eigenvalue weighted by molar-refractivity contribution is 6.02. The molecule has 36 heavy (non-hydrogen) atoms. The molecule has 6 nitrogen and oxygen atoms in total. The number of carbonyl (C=O) groups is 1. The predicted molar refractivity (Wildman–Crippen MR) is 143 cm³/mol. The van der Waals surface area contributed by atoms with Crippen LogP contribution in [0.3, 0.4) is 0 Å². The van der Waals surface area contributed by atoms with E-state index in [1.54, 1.807) is 26.6 Å². The highest BCUT2D eigenvalue weighted by Crippen LogP contribution is 2.42. The summed E-state index contributed by atoms with van der Waals surface area (Å²) in [5.74, 6) is 2.07. The van der Waals surface area contributed by atoms with E-state index in [9.17, 15) is 4.79 Å². The molecule has 6 heteroatoms. The number of allylic oxidation sites excluding steroid dienone is 1. The molecule has 0 saturated heterocycles. The van der Waals surface area contributed by atoms with Gasteiger partial charge in [-0.2, -0.15) is 0 Å². The first-order chi connectivity index (χ1) is 17.5.